The molecule has 0 saturated heterocycles. The van der Waals surface area contributed by atoms with Crippen molar-refractivity contribution in [3.05, 3.63) is 18.2 Å². The van der Waals surface area contributed by atoms with E-state index in [2.05, 4.69) is 5.32 Å². The number of rotatable bonds is 7. The molecule has 0 bridgehead atoms. The van der Waals surface area contributed by atoms with Crippen LogP contribution in [-0.4, -0.2) is 25.7 Å². The molecular weight excluding hydrogens is 256 g/mol. The van der Waals surface area contributed by atoms with Gasteiger partial charge in [0.15, 0.2) is 0 Å². The Kier molecular flexibility index (Phi) is 4.49. The van der Waals surface area contributed by atoms with Crippen LogP contribution < -0.4 is 20.5 Å². The van der Waals surface area contributed by atoms with Gasteiger partial charge in [0.1, 0.15) is 11.5 Å². The quantitative estimate of drug-likeness (QED) is 0.801. The molecule has 0 aromatic heterocycles. The fraction of sp³-hybridized carbons (Fsp3) is 0.533. The Balaban J connectivity index is 2.18. The summed E-state index contributed by atoms with van der Waals surface area (Å²) in [5.74, 6) is 1.33. The molecule has 1 aromatic carbocycles. The fourth-order valence-electron chi connectivity index (χ4n) is 2.07. The van der Waals surface area contributed by atoms with Gasteiger partial charge in [-0.1, -0.05) is 0 Å². The molecule has 110 valence electrons. The van der Waals surface area contributed by atoms with Gasteiger partial charge in [-0.3, -0.25) is 4.79 Å². The van der Waals surface area contributed by atoms with Gasteiger partial charge in [-0.05, 0) is 38.8 Å². The number of carbonyl (C=O) groups excluding carboxylic acids is 1. The zero-order chi connectivity index (χ0) is 14.6. The number of nitrogens with two attached hydrogens (primary N) is 1. The predicted octanol–water partition coefficient (Wildman–Crippen LogP) is 2.16. The second-order valence-corrected chi connectivity index (χ2v) is 4.96. The first-order valence-electron chi connectivity index (χ1n) is 7.06. The maximum atomic E-state index is 12.3. The summed E-state index contributed by atoms with van der Waals surface area (Å²) in [6, 6.07) is 5.44. The topological polar surface area (TPSA) is 73.6 Å². The summed E-state index contributed by atoms with van der Waals surface area (Å²) in [5.41, 5.74) is 5.94. The smallest absolute Gasteiger partial charge is 0.231 e. The van der Waals surface area contributed by atoms with Gasteiger partial charge in [0.05, 0.1) is 24.3 Å². The molecule has 0 spiro atoms. The van der Waals surface area contributed by atoms with E-state index in [4.69, 9.17) is 15.2 Å². The molecule has 0 aliphatic heterocycles. The lowest BCUT2D eigenvalue weighted by Gasteiger charge is -2.16. The lowest BCUT2D eigenvalue weighted by atomic mass is 10.1. The normalized spacial score (nSPS) is 15.6. The van der Waals surface area contributed by atoms with E-state index in [9.17, 15) is 4.79 Å². The second-order valence-electron chi connectivity index (χ2n) is 4.96. The molecule has 1 aliphatic rings. The summed E-state index contributed by atoms with van der Waals surface area (Å²) in [6.45, 7) is 5.33. The maximum Gasteiger partial charge on any atom is 0.231 e. The molecule has 3 N–H and O–H groups in total. The van der Waals surface area contributed by atoms with Crippen molar-refractivity contribution in [2.24, 2.45) is 11.1 Å². The highest BCUT2D eigenvalue weighted by atomic mass is 16.5. The van der Waals surface area contributed by atoms with Crippen LogP contribution in [0.15, 0.2) is 18.2 Å². The highest BCUT2D eigenvalue weighted by Crippen LogP contribution is 2.46. The van der Waals surface area contributed by atoms with Gasteiger partial charge in [0.25, 0.3) is 0 Å². The second kappa shape index (κ2) is 6.13. The van der Waals surface area contributed by atoms with Crippen LogP contribution in [0.3, 0.4) is 0 Å². The molecule has 0 unspecified atom stereocenters. The zero-order valence-electron chi connectivity index (χ0n) is 12.1. The Morgan fingerprint density at radius 3 is 2.55 bits per heavy atom. The highest BCUT2D eigenvalue weighted by molar-refractivity contribution is 5.98. The standard InChI is InChI=1S/C15H22N2O3/c1-3-19-11-5-6-13(20-4-2)12(9-11)17-14(18)15(10-16)7-8-15/h5-6,9H,3-4,7-8,10,16H2,1-2H3,(H,17,18). The van der Waals surface area contributed by atoms with Crippen LogP contribution in [0.2, 0.25) is 0 Å². The van der Waals surface area contributed by atoms with Crippen LogP contribution >= 0.6 is 0 Å². The van der Waals surface area contributed by atoms with E-state index in [-0.39, 0.29) is 11.3 Å². The molecular formula is C15H22N2O3. The fourth-order valence-corrected chi connectivity index (χ4v) is 2.07. The minimum absolute atomic E-state index is 0.0328. The van der Waals surface area contributed by atoms with Crippen LogP contribution in [0.1, 0.15) is 26.7 Å². The van der Waals surface area contributed by atoms with Gasteiger partial charge in [0, 0.05) is 12.6 Å². The van der Waals surface area contributed by atoms with E-state index in [1.54, 1.807) is 6.07 Å². The molecule has 1 amide bonds. The van der Waals surface area contributed by atoms with Crippen molar-refractivity contribution < 1.29 is 14.3 Å². The number of carbonyl (C=O) groups is 1. The molecule has 1 fully saturated rings. The monoisotopic (exact) mass is 278 g/mol. The molecule has 5 heteroatoms. The number of anilines is 1. The lowest BCUT2D eigenvalue weighted by molar-refractivity contribution is -0.120. The Labute approximate surface area is 119 Å². The molecule has 1 saturated carbocycles. The van der Waals surface area contributed by atoms with E-state index in [0.29, 0.717) is 36.9 Å². The van der Waals surface area contributed by atoms with Gasteiger partial charge < -0.3 is 20.5 Å². The predicted molar refractivity (Wildman–Crippen MR) is 78.1 cm³/mol. The Hall–Kier alpha value is -1.75. The van der Waals surface area contributed by atoms with E-state index in [1.165, 1.54) is 0 Å². The summed E-state index contributed by atoms with van der Waals surface area (Å²) < 4.78 is 11.0. The minimum Gasteiger partial charge on any atom is -0.494 e. The number of hydrogen-bond acceptors (Lipinski definition) is 4. The molecule has 2 rings (SSSR count). The van der Waals surface area contributed by atoms with E-state index in [1.807, 2.05) is 26.0 Å². The average Bonchev–Trinajstić information content (AvgIpc) is 3.23. The van der Waals surface area contributed by atoms with Gasteiger partial charge in [-0.2, -0.15) is 0 Å². The molecule has 1 aromatic rings. The Morgan fingerprint density at radius 2 is 2.00 bits per heavy atom. The van der Waals surface area contributed by atoms with Crippen LogP contribution in [0.5, 0.6) is 11.5 Å². The molecule has 0 atom stereocenters. The first-order chi connectivity index (χ1) is 9.65. The highest BCUT2D eigenvalue weighted by Gasteiger charge is 2.48. The molecule has 20 heavy (non-hydrogen) atoms. The first kappa shape index (κ1) is 14.7. The minimum atomic E-state index is -0.384. The molecule has 5 nitrogen and oxygen atoms in total. The number of amides is 1. The zero-order valence-corrected chi connectivity index (χ0v) is 12.1. The van der Waals surface area contributed by atoms with Crippen molar-refractivity contribution in [1.82, 2.24) is 0 Å². The van der Waals surface area contributed by atoms with Gasteiger partial charge in [0.2, 0.25) is 5.91 Å². The summed E-state index contributed by atoms with van der Waals surface area (Å²) in [6.07, 6.45) is 1.70. The number of benzene rings is 1. The van der Waals surface area contributed by atoms with Crippen LogP contribution in [0.4, 0.5) is 5.69 Å². The average molecular weight is 278 g/mol. The van der Waals surface area contributed by atoms with Crippen molar-refractivity contribution in [3.8, 4) is 11.5 Å². The van der Waals surface area contributed by atoms with Gasteiger partial charge in [-0.15, -0.1) is 0 Å². The third-order valence-electron chi connectivity index (χ3n) is 3.54. The molecule has 0 heterocycles. The summed E-state index contributed by atoms with van der Waals surface area (Å²) in [7, 11) is 0. The van der Waals surface area contributed by atoms with Crippen molar-refractivity contribution in [2.75, 3.05) is 25.1 Å². The number of hydrogen-bond donors (Lipinski definition) is 2. The van der Waals surface area contributed by atoms with Crippen molar-refractivity contribution in [3.63, 3.8) is 0 Å². The van der Waals surface area contributed by atoms with Crippen molar-refractivity contribution in [2.45, 2.75) is 26.7 Å². The van der Waals surface area contributed by atoms with Gasteiger partial charge in [-0.25, -0.2) is 0 Å². The number of ether oxygens (including phenoxy) is 2. The summed E-state index contributed by atoms with van der Waals surface area (Å²) >= 11 is 0. The summed E-state index contributed by atoms with van der Waals surface area (Å²) in [5, 5.41) is 2.92. The van der Waals surface area contributed by atoms with Crippen molar-refractivity contribution >= 4 is 11.6 Å². The van der Waals surface area contributed by atoms with Crippen molar-refractivity contribution in [1.29, 1.82) is 0 Å². The SMILES string of the molecule is CCOc1ccc(OCC)c(NC(=O)C2(CN)CC2)c1. The van der Waals surface area contributed by atoms with Gasteiger partial charge >= 0.3 is 0 Å². The Bertz CT molecular complexity index is 484. The van der Waals surface area contributed by atoms with Crippen LogP contribution in [-0.2, 0) is 4.79 Å². The largest absolute Gasteiger partial charge is 0.494 e. The van der Waals surface area contributed by atoms with E-state index >= 15 is 0 Å². The first-order valence-corrected chi connectivity index (χ1v) is 7.06. The Morgan fingerprint density at radius 1 is 1.30 bits per heavy atom. The third kappa shape index (κ3) is 3.04. The maximum absolute atomic E-state index is 12.3. The molecule has 1 aliphatic carbocycles. The molecule has 0 radical (unpaired) electrons. The lowest BCUT2D eigenvalue weighted by Crippen LogP contribution is -2.31. The van der Waals surface area contributed by atoms with E-state index < -0.39 is 0 Å². The number of nitrogens with one attached hydrogen (secondary N) is 1. The third-order valence-corrected chi connectivity index (χ3v) is 3.54. The van der Waals surface area contributed by atoms with Crippen LogP contribution in [0.25, 0.3) is 0 Å². The van der Waals surface area contributed by atoms with Crippen LogP contribution in [0, 0.1) is 5.41 Å². The summed E-state index contributed by atoms with van der Waals surface area (Å²) in [4.78, 5) is 12.3. The van der Waals surface area contributed by atoms with E-state index in [0.717, 1.165) is 12.8 Å².